The molecule has 0 bridgehead atoms. The predicted octanol–water partition coefficient (Wildman–Crippen LogP) is 1.33. The maximum atomic E-state index is 11.8. The molecule has 0 aliphatic carbocycles. The summed E-state index contributed by atoms with van der Waals surface area (Å²) in [6, 6.07) is 9.97. The summed E-state index contributed by atoms with van der Waals surface area (Å²) >= 11 is 1.67. The molecule has 6 heteroatoms. The van der Waals surface area contributed by atoms with Crippen molar-refractivity contribution in [3.8, 4) is 0 Å². The fourth-order valence-corrected chi connectivity index (χ4v) is 4.54. The number of amides is 1. The lowest BCUT2D eigenvalue weighted by Gasteiger charge is -2.09. The van der Waals surface area contributed by atoms with Crippen molar-refractivity contribution in [1.82, 2.24) is 5.32 Å². The van der Waals surface area contributed by atoms with Crippen LogP contribution >= 0.6 is 11.8 Å². The molecule has 2 rings (SSSR count). The molecule has 4 nitrogen and oxygen atoms in total. The van der Waals surface area contributed by atoms with Crippen LogP contribution in [-0.2, 0) is 14.6 Å². The normalized spacial score (nSPS) is 21.2. The molecule has 0 unspecified atom stereocenters. The standard InChI is InChI=1S/C13H17NO3S2/c15-13(11-6-9-19(16,17)10-11)14-7-8-18-12-4-2-1-3-5-12/h1-5,11H,6-10H2,(H,14,15)/t11-/m1/s1. The van der Waals surface area contributed by atoms with E-state index in [0.29, 0.717) is 13.0 Å². The summed E-state index contributed by atoms with van der Waals surface area (Å²) in [7, 11) is -2.98. The van der Waals surface area contributed by atoms with Crippen LogP contribution in [0.4, 0.5) is 0 Å². The van der Waals surface area contributed by atoms with Gasteiger partial charge in [-0.3, -0.25) is 4.79 Å². The molecule has 1 atom stereocenters. The zero-order valence-electron chi connectivity index (χ0n) is 10.5. The smallest absolute Gasteiger partial charge is 0.224 e. The molecular formula is C13H17NO3S2. The zero-order chi connectivity index (χ0) is 13.7. The summed E-state index contributed by atoms with van der Waals surface area (Å²) < 4.78 is 22.6. The Labute approximate surface area is 117 Å². The van der Waals surface area contributed by atoms with Gasteiger partial charge in [-0.25, -0.2) is 8.42 Å². The van der Waals surface area contributed by atoms with Gasteiger partial charge in [-0.15, -0.1) is 11.8 Å². The second-order valence-electron chi connectivity index (χ2n) is 4.55. The van der Waals surface area contributed by atoms with Crippen molar-refractivity contribution < 1.29 is 13.2 Å². The summed E-state index contributed by atoms with van der Waals surface area (Å²) in [6.45, 7) is 0.564. The molecule has 0 radical (unpaired) electrons. The molecule has 1 N–H and O–H groups in total. The third kappa shape index (κ3) is 4.54. The Balaban J connectivity index is 1.68. The van der Waals surface area contributed by atoms with Crippen LogP contribution in [0.5, 0.6) is 0 Å². The zero-order valence-corrected chi connectivity index (χ0v) is 12.2. The highest BCUT2D eigenvalue weighted by atomic mass is 32.2. The number of hydrogen-bond acceptors (Lipinski definition) is 4. The van der Waals surface area contributed by atoms with Crippen LogP contribution in [0.25, 0.3) is 0 Å². The minimum Gasteiger partial charge on any atom is -0.355 e. The quantitative estimate of drug-likeness (QED) is 0.658. The molecule has 1 aliphatic rings. The fraction of sp³-hybridized carbons (Fsp3) is 0.462. The van der Waals surface area contributed by atoms with E-state index in [1.165, 1.54) is 4.90 Å². The molecule has 1 heterocycles. The van der Waals surface area contributed by atoms with E-state index in [4.69, 9.17) is 0 Å². The minimum atomic E-state index is -2.98. The van der Waals surface area contributed by atoms with Crippen molar-refractivity contribution in [1.29, 1.82) is 0 Å². The minimum absolute atomic E-state index is 0.00462. The van der Waals surface area contributed by atoms with E-state index < -0.39 is 9.84 Å². The van der Waals surface area contributed by atoms with Gasteiger partial charge in [0, 0.05) is 17.2 Å². The van der Waals surface area contributed by atoms with Gasteiger partial charge in [-0.1, -0.05) is 18.2 Å². The maximum absolute atomic E-state index is 11.8. The van der Waals surface area contributed by atoms with Crippen LogP contribution in [0.2, 0.25) is 0 Å². The van der Waals surface area contributed by atoms with Crippen LogP contribution in [0.1, 0.15) is 6.42 Å². The second kappa shape index (κ2) is 6.43. The number of sulfone groups is 1. The average molecular weight is 299 g/mol. The van der Waals surface area contributed by atoms with E-state index in [1.807, 2.05) is 30.3 Å². The highest BCUT2D eigenvalue weighted by Gasteiger charge is 2.32. The Kier molecular flexibility index (Phi) is 4.87. The number of carbonyl (C=O) groups excluding carboxylic acids is 1. The SMILES string of the molecule is O=C(NCCSc1ccccc1)[C@@H]1CCS(=O)(=O)C1. The van der Waals surface area contributed by atoms with Gasteiger partial charge in [-0.2, -0.15) is 0 Å². The third-order valence-corrected chi connectivity index (χ3v) is 5.80. The lowest BCUT2D eigenvalue weighted by Crippen LogP contribution is -2.32. The molecule has 1 aromatic carbocycles. The number of carbonyl (C=O) groups is 1. The molecule has 0 saturated carbocycles. The molecule has 0 aromatic heterocycles. The van der Waals surface area contributed by atoms with Crippen molar-refractivity contribution in [3.63, 3.8) is 0 Å². The first-order valence-electron chi connectivity index (χ1n) is 6.23. The molecule has 1 aliphatic heterocycles. The number of hydrogen-bond donors (Lipinski definition) is 1. The van der Waals surface area contributed by atoms with Crippen LogP contribution < -0.4 is 5.32 Å². The van der Waals surface area contributed by atoms with Gasteiger partial charge in [0.2, 0.25) is 5.91 Å². The number of benzene rings is 1. The van der Waals surface area contributed by atoms with Gasteiger partial charge < -0.3 is 5.32 Å². The highest BCUT2D eigenvalue weighted by Crippen LogP contribution is 2.19. The number of nitrogens with one attached hydrogen (secondary N) is 1. The summed E-state index contributed by atoms with van der Waals surface area (Å²) in [6.07, 6.45) is 0.458. The van der Waals surface area contributed by atoms with Gasteiger partial charge in [0.05, 0.1) is 17.4 Å². The summed E-state index contributed by atoms with van der Waals surface area (Å²) in [5.74, 6) is 0.450. The Morgan fingerprint density at radius 1 is 1.32 bits per heavy atom. The van der Waals surface area contributed by atoms with Gasteiger partial charge in [0.15, 0.2) is 9.84 Å². The third-order valence-electron chi connectivity index (χ3n) is 3.02. The Hall–Kier alpha value is -1.01. The molecular weight excluding hydrogens is 282 g/mol. The second-order valence-corrected chi connectivity index (χ2v) is 7.95. The number of thioether (sulfide) groups is 1. The van der Waals surface area contributed by atoms with Crippen molar-refractivity contribution in [3.05, 3.63) is 30.3 Å². The maximum Gasteiger partial charge on any atom is 0.224 e. The summed E-state index contributed by atoms with van der Waals surface area (Å²) in [5, 5.41) is 2.81. The van der Waals surface area contributed by atoms with Crippen LogP contribution in [0.15, 0.2) is 35.2 Å². The summed E-state index contributed by atoms with van der Waals surface area (Å²) in [4.78, 5) is 12.9. The molecule has 1 amide bonds. The summed E-state index contributed by atoms with van der Waals surface area (Å²) in [5.41, 5.74) is 0. The van der Waals surface area contributed by atoms with Crippen molar-refractivity contribution in [2.75, 3.05) is 23.8 Å². The molecule has 1 aromatic rings. The molecule has 104 valence electrons. The molecule has 1 fully saturated rings. The largest absolute Gasteiger partial charge is 0.355 e. The van der Waals surface area contributed by atoms with Gasteiger partial charge in [0.1, 0.15) is 0 Å². The van der Waals surface area contributed by atoms with E-state index in [9.17, 15) is 13.2 Å². The average Bonchev–Trinajstić information content (AvgIpc) is 2.76. The van der Waals surface area contributed by atoms with Crippen LogP contribution in [0.3, 0.4) is 0 Å². The van der Waals surface area contributed by atoms with Gasteiger partial charge in [-0.05, 0) is 18.6 Å². The Bertz CT molecular complexity index is 528. The van der Waals surface area contributed by atoms with E-state index in [1.54, 1.807) is 11.8 Å². The van der Waals surface area contributed by atoms with E-state index in [0.717, 1.165) is 5.75 Å². The highest BCUT2D eigenvalue weighted by molar-refractivity contribution is 7.99. The van der Waals surface area contributed by atoms with Crippen molar-refractivity contribution in [2.45, 2.75) is 11.3 Å². The first kappa shape index (κ1) is 14.4. The van der Waals surface area contributed by atoms with E-state index in [-0.39, 0.29) is 23.3 Å². The molecule has 0 spiro atoms. The van der Waals surface area contributed by atoms with Crippen molar-refractivity contribution in [2.24, 2.45) is 5.92 Å². The van der Waals surface area contributed by atoms with Gasteiger partial charge in [0.25, 0.3) is 0 Å². The topological polar surface area (TPSA) is 63.2 Å². The van der Waals surface area contributed by atoms with E-state index >= 15 is 0 Å². The van der Waals surface area contributed by atoms with Gasteiger partial charge >= 0.3 is 0 Å². The predicted molar refractivity (Wildman–Crippen MR) is 76.9 cm³/mol. The monoisotopic (exact) mass is 299 g/mol. The van der Waals surface area contributed by atoms with E-state index in [2.05, 4.69) is 5.32 Å². The Morgan fingerprint density at radius 3 is 2.68 bits per heavy atom. The van der Waals surface area contributed by atoms with Crippen LogP contribution in [-0.4, -0.2) is 38.1 Å². The molecule has 1 saturated heterocycles. The Morgan fingerprint density at radius 2 is 2.05 bits per heavy atom. The lowest BCUT2D eigenvalue weighted by molar-refractivity contribution is -0.124. The molecule has 19 heavy (non-hydrogen) atoms. The first-order valence-corrected chi connectivity index (χ1v) is 9.03. The van der Waals surface area contributed by atoms with Crippen molar-refractivity contribution >= 4 is 27.5 Å². The lowest BCUT2D eigenvalue weighted by atomic mass is 10.1. The fourth-order valence-electron chi connectivity index (χ4n) is 2.01. The first-order chi connectivity index (χ1) is 9.07. The van der Waals surface area contributed by atoms with Crippen LogP contribution in [0, 0.1) is 5.92 Å². The number of rotatable bonds is 5.